The monoisotopic (exact) mass is 289 g/mol. The lowest BCUT2D eigenvalue weighted by Gasteiger charge is -2.25. The fourth-order valence-electron chi connectivity index (χ4n) is 2.42. The van der Waals surface area contributed by atoms with Crippen molar-refractivity contribution in [1.29, 1.82) is 0 Å². The van der Waals surface area contributed by atoms with Crippen LogP contribution >= 0.6 is 0 Å². The predicted molar refractivity (Wildman–Crippen MR) is 83.1 cm³/mol. The summed E-state index contributed by atoms with van der Waals surface area (Å²) >= 11 is 0. The van der Waals surface area contributed by atoms with Crippen LogP contribution in [0.25, 0.3) is 0 Å². The van der Waals surface area contributed by atoms with Crippen LogP contribution < -0.4 is 16.0 Å². The molecule has 1 heterocycles. The third-order valence-corrected chi connectivity index (χ3v) is 3.62. The summed E-state index contributed by atoms with van der Waals surface area (Å²) < 4.78 is 0. The molecule has 0 saturated heterocycles. The quantitative estimate of drug-likeness (QED) is 0.739. The summed E-state index contributed by atoms with van der Waals surface area (Å²) in [6.45, 7) is 3.74. The Morgan fingerprint density at radius 3 is 2.86 bits per heavy atom. The van der Waals surface area contributed by atoms with Crippen LogP contribution in [0.2, 0.25) is 0 Å². The second-order valence-corrected chi connectivity index (χ2v) is 5.33. The van der Waals surface area contributed by atoms with Crippen molar-refractivity contribution in [2.75, 3.05) is 25.0 Å². The van der Waals surface area contributed by atoms with E-state index >= 15 is 0 Å². The Morgan fingerprint density at radius 1 is 1.24 bits per heavy atom. The standard InChI is InChI=1S/C16H23N3O2/c1-2-8-17-15(20)7-9-18-16(21)13-10-12-5-3-4-6-14(12)19-11-13/h3-6,13,19H,2,7-11H2,1H3,(H,17,20)(H,18,21). The zero-order chi connectivity index (χ0) is 15.1. The zero-order valence-corrected chi connectivity index (χ0v) is 12.4. The van der Waals surface area contributed by atoms with Crippen LogP contribution in [0, 0.1) is 5.92 Å². The molecular formula is C16H23N3O2. The number of amides is 2. The van der Waals surface area contributed by atoms with E-state index in [9.17, 15) is 9.59 Å². The Morgan fingerprint density at radius 2 is 2.05 bits per heavy atom. The highest BCUT2D eigenvalue weighted by Crippen LogP contribution is 2.24. The summed E-state index contributed by atoms with van der Waals surface area (Å²) in [7, 11) is 0. The van der Waals surface area contributed by atoms with Crippen molar-refractivity contribution < 1.29 is 9.59 Å². The van der Waals surface area contributed by atoms with Crippen LogP contribution in [-0.2, 0) is 16.0 Å². The van der Waals surface area contributed by atoms with Gasteiger partial charge < -0.3 is 16.0 Å². The van der Waals surface area contributed by atoms with Crippen LogP contribution in [0.3, 0.4) is 0 Å². The molecule has 21 heavy (non-hydrogen) atoms. The lowest BCUT2D eigenvalue weighted by molar-refractivity contribution is -0.125. The average molecular weight is 289 g/mol. The molecule has 1 unspecified atom stereocenters. The Bertz CT molecular complexity index is 502. The van der Waals surface area contributed by atoms with Crippen molar-refractivity contribution in [3.05, 3.63) is 29.8 Å². The van der Waals surface area contributed by atoms with Crippen LogP contribution in [0.1, 0.15) is 25.3 Å². The Hall–Kier alpha value is -2.04. The van der Waals surface area contributed by atoms with E-state index in [1.807, 2.05) is 31.2 Å². The summed E-state index contributed by atoms with van der Waals surface area (Å²) in [5, 5.41) is 8.93. The molecule has 1 aliphatic rings. The van der Waals surface area contributed by atoms with Gasteiger partial charge in [-0.05, 0) is 24.5 Å². The first-order valence-electron chi connectivity index (χ1n) is 7.57. The zero-order valence-electron chi connectivity index (χ0n) is 12.4. The number of anilines is 1. The molecule has 3 N–H and O–H groups in total. The molecule has 0 spiro atoms. The van der Waals surface area contributed by atoms with Crippen molar-refractivity contribution >= 4 is 17.5 Å². The molecule has 0 radical (unpaired) electrons. The number of fused-ring (bicyclic) bond motifs is 1. The number of para-hydroxylation sites is 1. The van der Waals surface area contributed by atoms with Gasteiger partial charge in [-0.3, -0.25) is 9.59 Å². The Balaban J connectivity index is 1.74. The van der Waals surface area contributed by atoms with E-state index in [-0.39, 0.29) is 17.7 Å². The molecule has 1 aromatic rings. The highest BCUT2D eigenvalue weighted by Gasteiger charge is 2.23. The average Bonchev–Trinajstić information content (AvgIpc) is 2.52. The van der Waals surface area contributed by atoms with Crippen molar-refractivity contribution in [3.8, 4) is 0 Å². The summed E-state index contributed by atoms with van der Waals surface area (Å²) in [5.74, 6) is -0.0665. The van der Waals surface area contributed by atoms with Crippen LogP contribution in [0.15, 0.2) is 24.3 Å². The third-order valence-electron chi connectivity index (χ3n) is 3.62. The lowest BCUT2D eigenvalue weighted by Crippen LogP contribution is -2.39. The Kier molecular flexibility index (Phi) is 5.60. The number of hydrogen-bond acceptors (Lipinski definition) is 3. The molecule has 0 bridgehead atoms. The van der Waals surface area contributed by atoms with Gasteiger partial charge >= 0.3 is 0 Å². The number of carbonyl (C=O) groups is 2. The largest absolute Gasteiger partial charge is 0.384 e. The number of benzene rings is 1. The topological polar surface area (TPSA) is 70.2 Å². The molecule has 0 fully saturated rings. The summed E-state index contributed by atoms with van der Waals surface area (Å²) in [5.41, 5.74) is 2.28. The minimum atomic E-state index is -0.0707. The molecule has 1 aromatic carbocycles. The van der Waals surface area contributed by atoms with Gasteiger partial charge in [-0.2, -0.15) is 0 Å². The maximum Gasteiger partial charge on any atom is 0.225 e. The van der Waals surface area contributed by atoms with Gasteiger partial charge in [-0.1, -0.05) is 25.1 Å². The fourth-order valence-corrected chi connectivity index (χ4v) is 2.42. The van der Waals surface area contributed by atoms with E-state index in [2.05, 4.69) is 16.0 Å². The van der Waals surface area contributed by atoms with E-state index in [0.717, 1.165) is 18.5 Å². The first-order valence-corrected chi connectivity index (χ1v) is 7.57. The molecule has 2 amide bonds. The van der Waals surface area contributed by atoms with Gasteiger partial charge in [0.2, 0.25) is 11.8 Å². The molecule has 1 aliphatic heterocycles. The SMILES string of the molecule is CCCNC(=O)CCNC(=O)C1CNc2ccccc2C1. The molecular weight excluding hydrogens is 266 g/mol. The van der Waals surface area contributed by atoms with Gasteiger partial charge in [0.05, 0.1) is 5.92 Å². The van der Waals surface area contributed by atoms with Crippen LogP contribution in [-0.4, -0.2) is 31.4 Å². The normalized spacial score (nSPS) is 16.5. The molecule has 0 aliphatic carbocycles. The van der Waals surface area contributed by atoms with Gasteiger partial charge in [0.15, 0.2) is 0 Å². The smallest absolute Gasteiger partial charge is 0.225 e. The number of nitrogens with one attached hydrogen (secondary N) is 3. The predicted octanol–water partition coefficient (Wildman–Crippen LogP) is 1.30. The third kappa shape index (κ3) is 4.48. The van der Waals surface area contributed by atoms with Gasteiger partial charge in [0.25, 0.3) is 0 Å². The summed E-state index contributed by atoms with van der Waals surface area (Å²) in [6.07, 6.45) is 2.00. The van der Waals surface area contributed by atoms with Crippen LogP contribution in [0.4, 0.5) is 5.69 Å². The van der Waals surface area contributed by atoms with E-state index in [4.69, 9.17) is 0 Å². The second kappa shape index (κ2) is 7.67. The van der Waals surface area contributed by atoms with Gasteiger partial charge in [-0.25, -0.2) is 0 Å². The first kappa shape index (κ1) is 15.4. The van der Waals surface area contributed by atoms with Crippen molar-refractivity contribution in [1.82, 2.24) is 10.6 Å². The van der Waals surface area contributed by atoms with Crippen molar-refractivity contribution in [2.45, 2.75) is 26.2 Å². The number of rotatable bonds is 6. The van der Waals surface area contributed by atoms with E-state index < -0.39 is 0 Å². The van der Waals surface area contributed by atoms with Crippen LogP contribution in [0.5, 0.6) is 0 Å². The first-order chi connectivity index (χ1) is 10.2. The van der Waals surface area contributed by atoms with E-state index in [1.165, 1.54) is 5.56 Å². The Labute approximate surface area is 125 Å². The molecule has 0 aromatic heterocycles. The maximum absolute atomic E-state index is 12.1. The molecule has 2 rings (SSSR count). The maximum atomic E-state index is 12.1. The lowest BCUT2D eigenvalue weighted by atomic mass is 9.93. The van der Waals surface area contributed by atoms with Gasteiger partial charge in [0.1, 0.15) is 0 Å². The fraction of sp³-hybridized carbons (Fsp3) is 0.500. The summed E-state index contributed by atoms with van der Waals surface area (Å²) in [4.78, 5) is 23.6. The minimum absolute atomic E-state index is 0.00994. The number of hydrogen-bond donors (Lipinski definition) is 3. The molecule has 114 valence electrons. The second-order valence-electron chi connectivity index (χ2n) is 5.33. The number of carbonyl (C=O) groups excluding carboxylic acids is 2. The van der Waals surface area contributed by atoms with Crippen molar-refractivity contribution in [2.24, 2.45) is 5.92 Å². The molecule has 5 nitrogen and oxygen atoms in total. The van der Waals surface area contributed by atoms with Gasteiger partial charge in [-0.15, -0.1) is 0 Å². The minimum Gasteiger partial charge on any atom is -0.384 e. The molecule has 5 heteroatoms. The molecule has 1 atom stereocenters. The highest BCUT2D eigenvalue weighted by atomic mass is 16.2. The molecule has 0 saturated carbocycles. The van der Waals surface area contributed by atoms with Crippen molar-refractivity contribution in [3.63, 3.8) is 0 Å². The highest BCUT2D eigenvalue weighted by molar-refractivity contribution is 5.82. The van der Waals surface area contributed by atoms with Gasteiger partial charge in [0, 0.05) is 31.7 Å². The van der Waals surface area contributed by atoms with E-state index in [1.54, 1.807) is 0 Å². The van der Waals surface area contributed by atoms with E-state index in [0.29, 0.717) is 26.1 Å². The summed E-state index contributed by atoms with van der Waals surface area (Å²) in [6, 6.07) is 8.04.